The Morgan fingerprint density at radius 1 is 1.00 bits per heavy atom. The molecule has 0 saturated heterocycles. The Kier molecular flexibility index (Phi) is 3.09. The second-order valence-corrected chi connectivity index (χ2v) is 5.40. The normalized spacial score (nSPS) is 27.9. The first-order valence-electron chi connectivity index (χ1n) is 6.91. The van der Waals surface area contributed by atoms with Gasteiger partial charge in [-0.25, -0.2) is 0 Å². The molecule has 0 radical (unpaired) electrons. The van der Waals surface area contributed by atoms with Crippen molar-refractivity contribution in [3.05, 3.63) is 71.8 Å². The maximum Gasteiger partial charge on any atom is 0.317 e. The van der Waals surface area contributed by atoms with Crippen molar-refractivity contribution in [2.45, 2.75) is 18.3 Å². The van der Waals surface area contributed by atoms with Crippen LogP contribution in [0, 0.1) is 5.92 Å². The number of esters is 1. The maximum atomic E-state index is 12.5. The Hall–Kier alpha value is -2.09. The van der Waals surface area contributed by atoms with Crippen molar-refractivity contribution in [2.24, 2.45) is 5.92 Å². The standard InChI is InChI=1S/C18H18O2/c1-13-16(14-9-5-3-6-10-14)18(13,17(19)20-2)15-11-7-4-8-12-15/h3-13,16H,1-2H3/t13-,16+,18+/m1/s1. The summed E-state index contributed by atoms with van der Waals surface area (Å²) < 4.78 is 5.12. The van der Waals surface area contributed by atoms with Gasteiger partial charge < -0.3 is 4.74 Å². The molecule has 2 aromatic rings. The molecule has 0 heterocycles. The molecule has 1 fully saturated rings. The van der Waals surface area contributed by atoms with Gasteiger partial charge in [-0.1, -0.05) is 67.6 Å². The minimum atomic E-state index is -0.530. The lowest BCUT2D eigenvalue weighted by atomic mass is 9.90. The zero-order valence-electron chi connectivity index (χ0n) is 11.7. The van der Waals surface area contributed by atoms with Gasteiger partial charge in [0.25, 0.3) is 0 Å². The number of ether oxygens (including phenoxy) is 1. The van der Waals surface area contributed by atoms with Gasteiger partial charge in [-0.2, -0.15) is 0 Å². The van der Waals surface area contributed by atoms with Gasteiger partial charge in [0.2, 0.25) is 0 Å². The van der Waals surface area contributed by atoms with Crippen LogP contribution in [0.4, 0.5) is 0 Å². The van der Waals surface area contributed by atoms with Crippen molar-refractivity contribution >= 4 is 5.97 Å². The summed E-state index contributed by atoms with van der Waals surface area (Å²) in [5.41, 5.74) is 1.72. The summed E-state index contributed by atoms with van der Waals surface area (Å²) in [6.45, 7) is 2.13. The number of methoxy groups -OCH3 is 1. The van der Waals surface area contributed by atoms with Crippen LogP contribution >= 0.6 is 0 Å². The molecular formula is C18H18O2. The average molecular weight is 266 g/mol. The molecule has 0 unspecified atom stereocenters. The summed E-state index contributed by atoms with van der Waals surface area (Å²) in [5.74, 6) is 0.309. The molecular weight excluding hydrogens is 248 g/mol. The molecule has 3 atom stereocenters. The van der Waals surface area contributed by atoms with Crippen LogP contribution < -0.4 is 0 Å². The molecule has 3 rings (SSSR count). The monoisotopic (exact) mass is 266 g/mol. The minimum Gasteiger partial charge on any atom is -0.468 e. The summed E-state index contributed by atoms with van der Waals surface area (Å²) in [4.78, 5) is 12.5. The Balaban J connectivity index is 2.09. The molecule has 2 aromatic carbocycles. The highest BCUT2D eigenvalue weighted by Gasteiger charge is 2.69. The van der Waals surface area contributed by atoms with Gasteiger partial charge in [0.15, 0.2) is 0 Å². The highest BCUT2D eigenvalue weighted by atomic mass is 16.5. The van der Waals surface area contributed by atoms with E-state index < -0.39 is 5.41 Å². The molecule has 0 amide bonds. The van der Waals surface area contributed by atoms with E-state index in [0.29, 0.717) is 0 Å². The first kappa shape index (κ1) is 12.9. The number of carbonyl (C=O) groups is 1. The van der Waals surface area contributed by atoms with Crippen LogP contribution in [0.2, 0.25) is 0 Å². The second-order valence-electron chi connectivity index (χ2n) is 5.40. The number of carbonyl (C=O) groups excluding carboxylic acids is 1. The van der Waals surface area contributed by atoms with Crippen molar-refractivity contribution in [1.82, 2.24) is 0 Å². The van der Waals surface area contributed by atoms with Crippen LogP contribution in [0.5, 0.6) is 0 Å². The molecule has 102 valence electrons. The molecule has 20 heavy (non-hydrogen) atoms. The molecule has 2 nitrogen and oxygen atoms in total. The SMILES string of the molecule is COC(=O)[C@]1(c2ccccc2)[C@H](C)[C@H]1c1ccccc1. The zero-order valence-corrected chi connectivity index (χ0v) is 11.7. The summed E-state index contributed by atoms with van der Waals surface area (Å²) in [5, 5.41) is 0. The first-order valence-corrected chi connectivity index (χ1v) is 6.91. The van der Waals surface area contributed by atoms with Gasteiger partial charge in [-0.15, -0.1) is 0 Å². The third kappa shape index (κ3) is 1.68. The van der Waals surface area contributed by atoms with Gasteiger partial charge in [0, 0.05) is 5.92 Å². The summed E-state index contributed by atoms with van der Waals surface area (Å²) in [6.07, 6.45) is 0. The van der Waals surface area contributed by atoms with Crippen molar-refractivity contribution in [1.29, 1.82) is 0 Å². The van der Waals surface area contributed by atoms with E-state index in [-0.39, 0.29) is 17.8 Å². The molecule has 1 saturated carbocycles. The van der Waals surface area contributed by atoms with E-state index in [4.69, 9.17) is 4.74 Å². The van der Waals surface area contributed by atoms with Gasteiger partial charge in [-0.3, -0.25) is 4.79 Å². The third-order valence-electron chi connectivity index (χ3n) is 4.53. The molecule has 0 aromatic heterocycles. The van der Waals surface area contributed by atoms with Gasteiger partial charge >= 0.3 is 5.97 Å². The fourth-order valence-electron chi connectivity index (χ4n) is 3.53. The molecule has 0 bridgehead atoms. The van der Waals surface area contributed by atoms with Crippen LogP contribution in [0.3, 0.4) is 0 Å². The summed E-state index contributed by atoms with van der Waals surface area (Å²) in [7, 11) is 1.47. The number of hydrogen-bond acceptors (Lipinski definition) is 2. The topological polar surface area (TPSA) is 26.3 Å². The second kappa shape index (κ2) is 4.78. The van der Waals surface area contributed by atoms with Crippen LogP contribution in [0.25, 0.3) is 0 Å². The molecule has 2 heteroatoms. The predicted molar refractivity (Wildman–Crippen MR) is 78.5 cm³/mol. The van der Waals surface area contributed by atoms with Crippen LogP contribution in [-0.2, 0) is 14.9 Å². The molecule has 0 spiro atoms. The fourth-order valence-corrected chi connectivity index (χ4v) is 3.53. The fraction of sp³-hybridized carbons (Fsp3) is 0.278. The maximum absolute atomic E-state index is 12.5. The predicted octanol–water partition coefficient (Wildman–Crippen LogP) is 3.53. The van der Waals surface area contributed by atoms with E-state index in [1.807, 2.05) is 48.5 Å². The highest BCUT2D eigenvalue weighted by molar-refractivity contribution is 5.90. The van der Waals surface area contributed by atoms with Crippen molar-refractivity contribution in [2.75, 3.05) is 7.11 Å². The Morgan fingerprint density at radius 2 is 1.55 bits per heavy atom. The lowest BCUT2D eigenvalue weighted by molar-refractivity contribution is -0.144. The average Bonchev–Trinajstić information content (AvgIpc) is 3.15. The van der Waals surface area contributed by atoms with Crippen LogP contribution in [-0.4, -0.2) is 13.1 Å². The Labute approximate surface area is 119 Å². The molecule has 1 aliphatic carbocycles. The highest BCUT2D eigenvalue weighted by Crippen LogP contribution is 2.65. The number of hydrogen-bond donors (Lipinski definition) is 0. The van der Waals surface area contributed by atoms with Gasteiger partial charge in [0.05, 0.1) is 7.11 Å². The van der Waals surface area contributed by atoms with E-state index in [9.17, 15) is 4.79 Å². The third-order valence-corrected chi connectivity index (χ3v) is 4.53. The lowest BCUT2D eigenvalue weighted by Gasteiger charge is -2.16. The van der Waals surface area contributed by atoms with E-state index in [1.54, 1.807) is 0 Å². The quantitative estimate of drug-likeness (QED) is 0.794. The lowest BCUT2D eigenvalue weighted by Crippen LogP contribution is -2.25. The minimum absolute atomic E-state index is 0.134. The largest absolute Gasteiger partial charge is 0.468 e. The molecule has 1 aliphatic rings. The van der Waals surface area contributed by atoms with Crippen molar-refractivity contribution in [3.8, 4) is 0 Å². The van der Waals surface area contributed by atoms with E-state index in [2.05, 4.69) is 19.1 Å². The number of rotatable bonds is 3. The summed E-state index contributed by atoms with van der Waals surface area (Å²) >= 11 is 0. The zero-order chi connectivity index (χ0) is 14.2. The Bertz CT molecular complexity index is 606. The molecule has 0 aliphatic heterocycles. The van der Waals surface area contributed by atoms with E-state index in [0.717, 1.165) is 5.56 Å². The Morgan fingerprint density at radius 3 is 2.10 bits per heavy atom. The van der Waals surface area contributed by atoms with Gasteiger partial charge in [0.1, 0.15) is 5.41 Å². The smallest absolute Gasteiger partial charge is 0.317 e. The first-order chi connectivity index (χ1) is 9.72. The van der Waals surface area contributed by atoms with Crippen LogP contribution in [0.15, 0.2) is 60.7 Å². The van der Waals surface area contributed by atoms with Gasteiger partial charge in [-0.05, 0) is 17.0 Å². The van der Waals surface area contributed by atoms with Crippen LogP contribution in [0.1, 0.15) is 24.0 Å². The van der Waals surface area contributed by atoms with Crippen molar-refractivity contribution < 1.29 is 9.53 Å². The summed E-state index contributed by atoms with van der Waals surface area (Å²) in [6, 6.07) is 20.2. The molecule has 0 N–H and O–H groups in total. The van der Waals surface area contributed by atoms with E-state index in [1.165, 1.54) is 12.7 Å². The number of benzene rings is 2. The van der Waals surface area contributed by atoms with Crippen molar-refractivity contribution in [3.63, 3.8) is 0 Å². The van der Waals surface area contributed by atoms with E-state index >= 15 is 0 Å².